The van der Waals surface area contributed by atoms with E-state index in [1.54, 1.807) is 0 Å². The summed E-state index contributed by atoms with van der Waals surface area (Å²) < 4.78 is 49.7. The van der Waals surface area contributed by atoms with Gasteiger partial charge in [-0.25, -0.2) is 17.8 Å². The molecule has 1 fully saturated rings. The molecule has 1 unspecified atom stereocenters. The Morgan fingerprint density at radius 1 is 1.52 bits per heavy atom. The van der Waals surface area contributed by atoms with Crippen LogP contribution >= 0.6 is 0 Å². The fourth-order valence-corrected chi connectivity index (χ4v) is 3.96. The Morgan fingerprint density at radius 2 is 2.24 bits per heavy atom. The third-order valence-electron chi connectivity index (χ3n) is 3.25. The van der Waals surface area contributed by atoms with Gasteiger partial charge < -0.3 is 4.90 Å². The van der Waals surface area contributed by atoms with Gasteiger partial charge in [0.25, 0.3) is 5.91 Å². The Balaban J connectivity index is 2.33. The molecule has 1 aromatic rings. The van der Waals surface area contributed by atoms with Gasteiger partial charge in [0.05, 0.1) is 23.6 Å². The highest BCUT2D eigenvalue weighted by Gasteiger charge is 2.35. The highest BCUT2D eigenvalue weighted by atomic mass is 32.2. The van der Waals surface area contributed by atoms with Gasteiger partial charge in [-0.2, -0.15) is 4.39 Å². The molecule has 1 atom stereocenters. The molecule has 0 radical (unpaired) electrons. The number of carbonyl (C=O) groups excluding carboxylic acids is 1. The minimum Gasteiger partial charge on any atom is -0.323 e. The molecule has 0 N–H and O–H groups in total. The molecule has 1 aromatic heterocycles. The van der Waals surface area contributed by atoms with Crippen LogP contribution in [0.4, 0.5) is 8.78 Å². The van der Waals surface area contributed by atoms with Gasteiger partial charge in [0, 0.05) is 12.2 Å². The Bertz CT molecular complexity index is 713. The number of hydrogen-bond donors (Lipinski definition) is 0. The summed E-state index contributed by atoms with van der Waals surface area (Å²) in [6.45, 7) is -0.178. The van der Waals surface area contributed by atoms with Gasteiger partial charge in [0.1, 0.15) is 0 Å². The molecule has 8 heteroatoms. The number of carbonyl (C=O) groups is 1. The van der Waals surface area contributed by atoms with E-state index in [1.807, 2.05) is 0 Å². The second-order valence-corrected chi connectivity index (χ2v) is 6.89. The van der Waals surface area contributed by atoms with Crippen LogP contribution < -0.4 is 0 Å². The van der Waals surface area contributed by atoms with E-state index in [4.69, 9.17) is 6.42 Å². The van der Waals surface area contributed by atoms with Crippen molar-refractivity contribution in [2.45, 2.75) is 12.5 Å². The van der Waals surface area contributed by atoms with Crippen LogP contribution in [0.1, 0.15) is 16.8 Å². The third kappa shape index (κ3) is 3.19. The van der Waals surface area contributed by atoms with Crippen LogP contribution in [0.3, 0.4) is 0 Å². The van der Waals surface area contributed by atoms with Crippen LogP contribution in [0, 0.1) is 24.1 Å². The van der Waals surface area contributed by atoms with E-state index < -0.39 is 39.1 Å². The zero-order chi connectivity index (χ0) is 15.6. The molecule has 2 rings (SSSR count). The van der Waals surface area contributed by atoms with Crippen molar-refractivity contribution >= 4 is 15.7 Å². The summed E-state index contributed by atoms with van der Waals surface area (Å²) in [5, 5.41) is 0. The Labute approximate surface area is 120 Å². The van der Waals surface area contributed by atoms with Crippen molar-refractivity contribution in [2.24, 2.45) is 0 Å². The molecule has 5 nitrogen and oxygen atoms in total. The van der Waals surface area contributed by atoms with E-state index in [0.29, 0.717) is 0 Å². The Kier molecular flexibility index (Phi) is 4.23. The van der Waals surface area contributed by atoms with E-state index in [-0.39, 0.29) is 24.5 Å². The lowest BCUT2D eigenvalue weighted by atomic mass is 10.1. The monoisotopic (exact) mass is 314 g/mol. The van der Waals surface area contributed by atoms with Crippen molar-refractivity contribution in [1.82, 2.24) is 9.88 Å². The minimum atomic E-state index is -3.24. The average molecular weight is 314 g/mol. The van der Waals surface area contributed by atoms with Crippen molar-refractivity contribution in [1.29, 1.82) is 0 Å². The fourth-order valence-electron chi connectivity index (χ4n) is 2.22. The van der Waals surface area contributed by atoms with Gasteiger partial charge in [-0.15, -0.1) is 6.42 Å². The van der Waals surface area contributed by atoms with E-state index in [9.17, 15) is 22.0 Å². The summed E-state index contributed by atoms with van der Waals surface area (Å²) in [6, 6.07) is 0.405. The van der Waals surface area contributed by atoms with Gasteiger partial charge >= 0.3 is 0 Å². The van der Waals surface area contributed by atoms with E-state index in [1.165, 1.54) is 0 Å². The lowest BCUT2D eigenvalue weighted by molar-refractivity contribution is 0.0718. The van der Waals surface area contributed by atoms with Crippen molar-refractivity contribution in [3.8, 4) is 12.3 Å². The second kappa shape index (κ2) is 5.77. The molecule has 1 aliphatic heterocycles. The first kappa shape index (κ1) is 15.4. The molecule has 1 aliphatic rings. The maximum absolute atomic E-state index is 13.6. The van der Waals surface area contributed by atoms with E-state index in [0.717, 1.165) is 17.2 Å². The topological polar surface area (TPSA) is 67.3 Å². The summed E-state index contributed by atoms with van der Waals surface area (Å²) in [6.07, 6.45) is 6.37. The molecule has 1 saturated heterocycles. The summed E-state index contributed by atoms with van der Waals surface area (Å²) in [7, 11) is -3.24. The summed E-state index contributed by atoms with van der Waals surface area (Å²) in [5.74, 6) is -1.65. The van der Waals surface area contributed by atoms with Crippen LogP contribution in [0.5, 0.6) is 0 Å². The molecule has 1 amide bonds. The van der Waals surface area contributed by atoms with E-state index >= 15 is 0 Å². The van der Waals surface area contributed by atoms with Crippen LogP contribution in [-0.4, -0.2) is 48.3 Å². The molecule has 0 bridgehead atoms. The van der Waals surface area contributed by atoms with Crippen LogP contribution in [0.15, 0.2) is 12.3 Å². The zero-order valence-corrected chi connectivity index (χ0v) is 11.7. The van der Waals surface area contributed by atoms with Gasteiger partial charge in [-0.1, -0.05) is 5.92 Å². The Morgan fingerprint density at radius 3 is 2.81 bits per heavy atom. The fraction of sp³-hybridized carbons (Fsp3) is 0.385. The largest absolute Gasteiger partial charge is 0.323 e. The number of aromatic nitrogens is 1. The summed E-state index contributed by atoms with van der Waals surface area (Å²) in [5.41, 5.74) is -0.512. The average Bonchev–Trinajstić information content (AvgIpc) is 2.78. The number of amides is 1. The van der Waals surface area contributed by atoms with Crippen LogP contribution in [0.25, 0.3) is 0 Å². The first-order chi connectivity index (χ1) is 9.85. The molecule has 0 aliphatic carbocycles. The number of terminal acetylenes is 1. The standard InChI is InChI=1S/C13H12F2N2O3S/c1-2-6-17(9-4-7-21(19,20)8-9)13(18)10-3-5-16-12(15)11(10)14/h1,3,5,9H,4,6-8H2. The molecular weight excluding hydrogens is 302 g/mol. The number of nitrogens with zero attached hydrogens (tertiary/aromatic N) is 2. The van der Waals surface area contributed by atoms with Crippen LogP contribution in [0.2, 0.25) is 0 Å². The maximum atomic E-state index is 13.6. The van der Waals surface area contributed by atoms with Gasteiger partial charge in [0.15, 0.2) is 15.7 Å². The minimum absolute atomic E-state index is 0.0563. The van der Waals surface area contributed by atoms with Gasteiger partial charge in [0.2, 0.25) is 5.95 Å². The van der Waals surface area contributed by atoms with Gasteiger partial charge in [-0.05, 0) is 12.5 Å². The molecule has 112 valence electrons. The lowest BCUT2D eigenvalue weighted by Crippen LogP contribution is -2.41. The summed E-state index contributed by atoms with van der Waals surface area (Å²) >= 11 is 0. The number of rotatable bonds is 3. The third-order valence-corrected chi connectivity index (χ3v) is 5.00. The second-order valence-electron chi connectivity index (χ2n) is 4.66. The molecule has 21 heavy (non-hydrogen) atoms. The number of sulfone groups is 1. The SMILES string of the molecule is C#CCN(C(=O)c1ccnc(F)c1F)C1CCS(=O)(=O)C1. The Hall–Kier alpha value is -2.01. The molecule has 0 saturated carbocycles. The number of halogens is 2. The molecule has 0 spiro atoms. The first-order valence-electron chi connectivity index (χ1n) is 6.10. The predicted octanol–water partition coefficient (Wildman–Crippen LogP) is 0.622. The van der Waals surface area contributed by atoms with Crippen molar-refractivity contribution < 1.29 is 22.0 Å². The molecule has 0 aromatic carbocycles. The van der Waals surface area contributed by atoms with Crippen molar-refractivity contribution in [3.05, 3.63) is 29.6 Å². The zero-order valence-electron chi connectivity index (χ0n) is 10.9. The number of hydrogen-bond acceptors (Lipinski definition) is 4. The van der Waals surface area contributed by atoms with E-state index in [2.05, 4.69) is 10.9 Å². The lowest BCUT2D eigenvalue weighted by Gasteiger charge is -2.26. The van der Waals surface area contributed by atoms with Crippen molar-refractivity contribution in [2.75, 3.05) is 18.1 Å². The van der Waals surface area contributed by atoms with Gasteiger partial charge in [-0.3, -0.25) is 4.79 Å². The molecular formula is C13H12F2N2O3S. The smallest absolute Gasteiger partial charge is 0.258 e. The van der Waals surface area contributed by atoms with Crippen LogP contribution in [-0.2, 0) is 9.84 Å². The first-order valence-corrected chi connectivity index (χ1v) is 7.92. The molecule has 2 heterocycles. The maximum Gasteiger partial charge on any atom is 0.258 e. The van der Waals surface area contributed by atoms with Crippen molar-refractivity contribution in [3.63, 3.8) is 0 Å². The number of pyridine rings is 1. The normalized spacial score (nSPS) is 20.0. The summed E-state index contributed by atoms with van der Waals surface area (Å²) in [4.78, 5) is 16.5. The highest BCUT2D eigenvalue weighted by molar-refractivity contribution is 7.91. The highest BCUT2D eigenvalue weighted by Crippen LogP contribution is 2.21. The predicted molar refractivity (Wildman–Crippen MR) is 71.1 cm³/mol. The quantitative estimate of drug-likeness (QED) is 0.606.